The molecule has 1 atom stereocenters. The van der Waals surface area contributed by atoms with Crippen molar-refractivity contribution >= 4 is 11.8 Å². The molecule has 5 nitrogen and oxygen atoms in total. The molecule has 0 aromatic rings. The highest BCUT2D eigenvalue weighted by Gasteiger charge is 2.12. The summed E-state index contributed by atoms with van der Waals surface area (Å²) in [6.45, 7) is 4.35. The van der Waals surface area contributed by atoms with Crippen LogP contribution < -0.4 is 16.4 Å². The number of amides is 2. The van der Waals surface area contributed by atoms with Gasteiger partial charge < -0.3 is 16.4 Å². The number of likely N-dealkylation sites (N-methyl/N-ethyl adjacent to an activating group) is 1. The highest BCUT2D eigenvalue weighted by atomic mass is 16.2. The van der Waals surface area contributed by atoms with Crippen molar-refractivity contribution < 1.29 is 9.59 Å². The molecule has 0 fully saturated rings. The second kappa shape index (κ2) is 7.32. The minimum absolute atomic E-state index is 0.00406. The van der Waals surface area contributed by atoms with E-state index in [9.17, 15) is 9.59 Å². The van der Waals surface area contributed by atoms with Gasteiger partial charge in [-0.05, 0) is 13.3 Å². The molecule has 0 aromatic carbocycles. The molecule has 0 aliphatic carbocycles. The topological polar surface area (TPSA) is 84.2 Å². The Hall–Kier alpha value is -1.10. The van der Waals surface area contributed by atoms with E-state index in [1.807, 2.05) is 13.8 Å². The van der Waals surface area contributed by atoms with Crippen LogP contribution in [0.25, 0.3) is 0 Å². The molecule has 0 aliphatic rings. The summed E-state index contributed by atoms with van der Waals surface area (Å²) in [6.07, 6.45) is 1.50. The first-order valence-corrected chi connectivity index (χ1v) is 4.91. The van der Waals surface area contributed by atoms with Crippen LogP contribution in [0.5, 0.6) is 0 Å². The summed E-state index contributed by atoms with van der Waals surface area (Å²) >= 11 is 0. The zero-order valence-electron chi connectivity index (χ0n) is 8.80. The zero-order valence-corrected chi connectivity index (χ0v) is 8.80. The Morgan fingerprint density at radius 2 is 1.93 bits per heavy atom. The molecule has 0 heterocycles. The molecule has 0 saturated carbocycles. The van der Waals surface area contributed by atoms with E-state index < -0.39 is 6.04 Å². The van der Waals surface area contributed by atoms with Crippen LogP contribution in [0.1, 0.15) is 26.7 Å². The molecular formula is C9H19N3O2. The van der Waals surface area contributed by atoms with Gasteiger partial charge in [-0.25, -0.2) is 0 Å². The molecular weight excluding hydrogens is 182 g/mol. The van der Waals surface area contributed by atoms with E-state index in [2.05, 4.69) is 10.6 Å². The zero-order chi connectivity index (χ0) is 11.0. The van der Waals surface area contributed by atoms with E-state index >= 15 is 0 Å². The highest BCUT2D eigenvalue weighted by molar-refractivity contribution is 5.87. The first-order chi connectivity index (χ1) is 6.61. The van der Waals surface area contributed by atoms with E-state index in [4.69, 9.17) is 5.73 Å². The fourth-order valence-corrected chi connectivity index (χ4v) is 1.00. The number of nitrogens with two attached hydrogens (primary N) is 1. The molecule has 5 heteroatoms. The monoisotopic (exact) mass is 201 g/mol. The number of hydrogen-bond donors (Lipinski definition) is 3. The van der Waals surface area contributed by atoms with Gasteiger partial charge in [0.2, 0.25) is 11.8 Å². The van der Waals surface area contributed by atoms with Gasteiger partial charge in [0.15, 0.2) is 0 Å². The third-order valence-corrected chi connectivity index (χ3v) is 1.73. The predicted molar refractivity (Wildman–Crippen MR) is 54.6 cm³/mol. The van der Waals surface area contributed by atoms with Gasteiger partial charge in [0.1, 0.15) is 0 Å². The summed E-state index contributed by atoms with van der Waals surface area (Å²) < 4.78 is 0. The molecule has 2 amide bonds. The van der Waals surface area contributed by atoms with Gasteiger partial charge in [-0.3, -0.25) is 9.59 Å². The Labute approximate surface area is 84.4 Å². The van der Waals surface area contributed by atoms with Crippen LogP contribution >= 0.6 is 0 Å². The number of carbonyl (C=O) groups is 2. The number of hydrogen-bond acceptors (Lipinski definition) is 3. The third kappa shape index (κ3) is 5.53. The lowest BCUT2D eigenvalue weighted by atomic mass is 10.2. The molecule has 82 valence electrons. The Morgan fingerprint density at radius 1 is 1.29 bits per heavy atom. The van der Waals surface area contributed by atoms with Crippen LogP contribution in [0, 0.1) is 0 Å². The van der Waals surface area contributed by atoms with Gasteiger partial charge >= 0.3 is 0 Å². The van der Waals surface area contributed by atoms with Crippen molar-refractivity contribution in [3.05, 3.63) is 0 Å². The third-order valence-electron chi connectivity index (χ3n) is 1.73. The van der Waals surface area contributed by atoms with E-state index in [1.165, 1.54) is 0 Å². The van der Waals surface area contributed by atoms with Crippen molar-refractivity contribution in [3.8, 4) is 0 Å². The van der Waals surface area contributed by atoms with Gasteiger partial charge in [-0.2, -0.15) is 0 Å². The van der Waals surface area contributed by atoms with E-state index in [1.54, 1.807) is 0 Å². The fraction of sp³-hybridized carbons (Fsp3) is 0.778. The molecule has 0 spiro atoms. The lowest BCUT2D eigenvalue weighted by molar-refractivity contribution is -0.126. The van der Waals surface area contributed by atoms with Gasteiger partial charge in [0.05, 0.1) is 12.6 Å². The van der Waals surface area contributed by atoms with Crippen molar-refractivity contribution in [2.24, 2.45) is 5.73 Å². The Balaban J connectivity index is 3.67. The van der Waals surface area contributed by atoms with E-state index in [0.717, 1.165) is 6.42 Å². The van der Waals surface area contributed by atoms with Crippen molar-refractivity contribution in [1.82, 2.24) is 10.6 Å². The molecule has 0 bridgehead atoms. The summed E-state index contributed by atoms with van der Waals surface area (Å²) in [5.74, 6) is -0.456. The summed E-state index contributed by atoms with van der Waals surface area (Å²) in [6, 6.07) is -0.505. The van der Waals surface area contributed by atoms with Crippen molar-refractivity contribution in [2.75, 3.05) is 13.1 Å². The molecule has 4 N–H and O–H groups in total. The second-order valence-corrected chi connectivity index (χ2v) is 3.07. The van der Waals surface area contributed by atoms with Crippen LogP contribution in [0.2, 0.25) is 0 Å². The van der Waals surface area contributed by atoms with Crippen LogP contribution in [0.3, 0.4) is 0 Å². The van der Waals surface area contributed by atoms with Crippen molar-refractivity contribution in [1.29, 1.82) is 0 Å². The average Bonchev–Trinajstić information content (AvgIpc) is 2.15. The van der Waals surface area contributed by atoms with Crippen LogP contribution in [0.15, 0.2) is 0 Å². The largest absolute Gasteiger partial charge is 0.355 e. The smallest absolute Gasteiger partial charge is 0.239 e. The van der Waals surface area contributed by atoms with E-state index in [0.29, 0.717) is 13.0 Å². The number of carbonyl (C=O) groups excluding carboxylic acids is 2. The Morgan fingerprint density at radius 3 is 2.43 bits per heavy atom. The summed E-state index contributed by atoms with van der Waals surface area (Å²) in [4.78, 5) is 22.2. The first-order valence-electron chi connectivity index (χ1n) is 4.91. The van der Waals surface area contributed by atoms with Crippen LogP contribution in [-0.4, -0.2) is 30.9 Å². The molecule has 14 heavy (non-hydrogen) atoms. The maximum absolute atomic E-state index is 11.2. The summed E-state index contributed by atoms with van der Waals surface area (Å²) in [7, 11) is 0. The molecule has 0 rings (SSSR count). The van der Waals surface area contributed by atoms with Crippen LogP contribution in [-0.2, 0) is 9.59 Å². The van der Waals surface area contributed by atoms with Gasteiger partial charge in [-0.1, -0.05) is 13.3 Å². The van der Waals surface area contributed by atoms with Crippen LogP contribution in [0.4, 0.5) is 0 Å². The second-order valence-electron chi connectivity index (χ2n) is 3.07. The normalized spacial score (nSPS) is 11.9. The molecule has 0 radical (unpaired) electrons. The number of nitrogens with one attached hydrogen (secondary N) is 2. The Kier molecular flexibility index (Phi) is 6.74. The standard InChI is InChI=1S/C9H19N3O2/c1-3-5-7(10)9(14)12-6-8(13)11-4-2/h7H,3-6,10H2,1-2H3,(H,11,13)(H,12,14)/t7-/m0/s1. The van der Waals surface area contributed by atoms with Crippen molar-refractivity contribution in [3.63, 3.8) is 0 Å². The minimum atomic E-state index is -0.505. The van der Waals surface area contributed by atoms with Gasteiger partial charge in [0.25, 0.3) is 0 Å². The average molecular weight is 201 g/mol. The van der Waals surface area contributed by atoms with Gasteiger partial charge in [-0.15, -0.1) is 0 Å². The minimum Gasteiger partial charge on any atom is -0.355 e. The lowest BCUT2D eigenvalue weighted by Gasteiger charge is -2.10. The molecule has 0 unspecified atom stereocenters. The first kappa shape index (κ1) is 12.9. The molecule has 0 saturated heterocycles. The van der Waals surface area contributed by atoms with Crippen molar-refractivity contribution in [2.45, 2.75) is 32.7 Å². The highest BCUT2D eigenvalue weighted by Crippen LogP contribution is 1.92. The maximum Gasteiger partial charge on any atom is 0.239 e. The quantitative estimate of drug-likeness (QED) is 0.535. The van der Waals surface area contributed by atoms with E-state index in [-0.39, 0.29) is 18.4 Å². The Bertz CT molecular complexity index is 194. The fourth-order valence-electron chi connectivity index (χ4n) is 1.00. The predicted octanol–water partition coefficient (Wildman–Crippen LogP) is -0.634. The lowest BCUT2D eigenvalue weighted by Crippen LogP contribution is -2.44. The molecule has 0 aromatic heterocycles. The summed E-state index contributed by atoms with van der Waals surface area (Å²) in [5, 5.41) is 5.05. The molecule has 0 aliphatic heterocycles. The number of rotatable bonds is 6. The summed E-state index contributed by atoms with van der Waals surface area (Å²) in [5.41, 5.74) is 5.54. The maximum atomic E-state index is 11.2. The SMILES string of the molecule is CCC[C@H](N)C(=O)NCC(=O)NCC. The van der Waals surface area contributed by atoms with Gasteiger partial charge in [0, 0.05) is 6.54 Å².